The van der Waals surface area contributed by atoms with Gasteiger partial charge < -0.3 is 20.6 Å². The molecule has 1 aromatic rings. The zero-order valence-electron chi connectivity index (χ0n) is 13.4. The largest absolute Gasteiger partial charge is 0.397 e. The van der Waals surface area contributed by atoms with Crippen LogP contribution in [0.1, 0.15) is 31.2 Å². The van der Waals surface area contributed by atoms with Crippen molar-refractivity contribution in [3.63, 3.8) is 0 Å². The Morgan fingerprint density at radius 3 is 2.68 bits per heavy atom. The van der Waals surface area contributed by atoms with Gasteiger partial charge in [-0.25, -0.2) is 0 Å². The van der Waals surface area contributed by atoms with Gasteiger partial charge in [0.15, 0.2) is 0 Å². The van der Waals surface area contributed by atoms with Crippen molar-refractivity contribution < 1.29 is 9.90 Å². The average molecular weight is 305 g/mol. The van der Waals surface area contributed by atoms with Gasteiger partial charge >= 0.3 is 0 Å². The smallest absolute Gasteiger partial charge is 0.222 e. The molecule has 1 aromatic carbocycles. The van der Waals surface area contributed by atoms with E-state index in [-0.39, 0.29) is 12.5 Å². The maximum atomic E-state index is 11.9. The number of rotatable bonds is 6. The number of carbonyl (C=O) groups is 1. The first-order valence-corrected chi connectivity index (χ1v) is 8.10. The summed E-state index contributed by atoms with van der Waals surface area (Å²) in [7, 11) is 1.71. The Bertz CT molecular complexity index is 499. The van der Waals surface area contributed by atoms with Gasteiger partial charge in [-0.15, -0.1) is 0 Å². The monoisotopic (exact) mass is 305 g/mol. The maximum absolute atomic E-state index is 11.9. The van der Waals surface area contributed by atoms with Gasteiger partial charge in [-0.05, 0) is 43.4 Å². The van der Waals surface area contributed by atoms with Crippen LogP contribution >= 0.6 is 0 Å². The summed E-state index contributed by atoms with van der Waals surface area (Å²) in [5, 5.41) is 8.85. The molecule has 1 saturated heterocycles. The number of anilines is 2. The molecule has 0 unspecified atom stereocenters. The third kappa shape index (κ3) is 4.37. The van der Waals surface area contributed by atoms with Crippen LogP contribution in [0, 0.1) is 0 Å². The van der Waals surface area contributed by atoms with Crippen molar-refractivity contribution in [2.45, 2.75) is 32.1 Å². The molecule has 0 saturated carbocycles. The van der Waals surface area contributed by atoms with Crippen molar-refractivity contribution in [3.05, 3.63) is 23.8 Å². The fourth-order valence-electron chi connectivity index (χ4n) is 2.90. The summed E-state index contributed by atoms with van der Waals surface area (Å²) in [6, 6.07) is 6.14. The van der Waals surface area contributed by atoms with E-state index in [0.717, 1.165) is 30.0 Å². The molecule has 0 radical (unpaired) electrons. The van der Waals surface area contributed by atoms with Crippen molar-refractivity contribution >= 4 is 17.3 Å². The first-order chi connectivity index (χ1) is 10.6. The lowest BCUT2D eigenvalue weighted by Crippen LogP contribution is -2.30. The molecule has 122 valence electrons. The topological polar surface area (TPSA) is 69.8 Å². The average Bonchev–Trinajstić information content (AvgIpc) is 2.53. The zero-order valence-corrected chi connectivity index (χ0v) is 13.4. The van der Waals surface area contributed by atoms with Gasteiger partial charge in [0.2, 0.25) is 5.91 Å². The van der Waals surface area contributed by atoms with Crippen LogP contribution in [0.15, 0.2) is 18.2 Å². The Labute approximate surface area is 132 Å². The van der Waals surface area contributed by atoms with Crippen LogP contribution < -0.4 is 10.6 Å². The first-order valence-electron chi connectivity index (χ1n) is 8.10. The third-order valence-electron chi connectivity index (χ3n) is 4.28. The molecule has 2 rings (SSSR count). The van der Waals surface area contributed by atoms with Gasteiger partial charge in [-0.2, -0.15) is 0 Å². The molecular weight excluding hydrogens is 278 g/mol. The first kappa shape index (κ1) is 16.6. The van der Waals surface area contributed by atoms with Gasteiger partial charge in [0, 0.05) is 33.1 Å². The Balaban J connectivity index is 1.93. The number of aliphatic hydroxyl groups is 1. The van der Waals surface area contributed by atoms with Crippen molar-refractivity contribution in [2.24, 2.45) is 0 Å². The van der Waals surface area contributed by atoms with E-state index in [1.54, 1.807) is 11.9 Å². The van der Waals surface area contributed by atoms with Crippen molar-refractivity contribution in [1.82, 2.24) is 4.90 Å². The standard InChI is InChI=1S/C17H27N3O2/c1-19(11-12-21)17(22)8-6-14-5-7-16(15(18)13-14)20-9-3-2-4-10-20/h5,7,13,21H,2-4,6,8-12,18H2,1H3. The summed E-state index contributed by atoms with van der Waals surface area (Å²) in [5.74, 6) is 0.0488. The van der Waals surface area contributed by atoms with E-state index in [9.17, 15) is 4.79 Å². The molecule has 1 amide bonds. The molecule has 5 heteroatoms. The van der Waals surface area contributed by atoms with Crippen molar-refractivity contribution in [3.8, 4) is 0 Å². The number of benzene rings is 1. The van der Waals surface area contributed by atoms with Crippen molar-refractivity contribution in [2.75, 3.05) is 43.9 Å². The van der Waals surface area contributed by atoms with E-state index in [2.05, 4.69) is 17.0 Å². The summed E-state index contributed by atoms with van der Waals surface area (Å²) < 4.78 is 0. The lowest BCUT2D eigenvalue weighted by atomic mass is 10.1. The van der Waals surface area contributed by atoms with Crippen LogP contribution in [-0.4, -0.2) is 49.2 Å². The minimum absolute atomic E-state index is 0.000278. The van der Waals surface area contributed by atoms with Crippen LogP contribution in [0.5, 0.6) is 0 Å². The summed E-state index contributed by atoms with van der Waals surface area (Å²) in [6.07, 6.45) is 4.88. The third-order valence-corrected chi connectivity index (χ3v) is 4.28. The molecular formula is C17H27N3O2. The molecule has 1 aliphatic heterocycles. The van der Waals surface area contributed by atoms with Gasteiger partial charge in [-0.1, -0.05) is 6.07 Å². The minimum atomic E-state index is -0.000278. The fourth-order valence-corrected chi connectivity index (χ4v) is 2.90. The maximum Gasteiger partial charge on any atom is 0.222 e. The van der Waals surface area contributed by atoms with E-state index in [4.69, 9.17) is 10.8 Å². The number of aryl methyl sites for hydroxylation is 1. The van der Waals surface area contributed by atoms with E-state index >= 15 is 0 Å². The number of nitrogens with zero attached hydrogens (tertiary/aromatic N) is 2. The van der Waals surface area contributed by atoms with E-state index < -0.39 is 0 Å². The molecule has 0 spiro atoms. The SMILES string of the molecule is CN(CCO)C(=O)CCc1ccc(N2CCCCC2)c(N)c1. The highest BCUT2D eigenvalue weighted by molar-refractivity contribution is 5.76. The number of amides is 1. The van der Waals surface area contributed by atoms with Crippen molar-refractivity contribution in [1.29, 1.82) is 0 Å². The molecule has 0 atom stereocenters. The number of hydrogen-bond acceptors (Lipinski definition) is 4. The van der Waals surface area contributed by atoms with Gasteiger partial charge in [-0.3, -0.25) is 4.79 Å². The Hall–Kier alpha value is -1.75. The summed E-state index contributed by atoms with van der Waals surface area (Å²) in [4.78, 5) is 15.8. The highest BCUT2D eigenvalue weighted by Crippen LogP contribution is 2.27. The van der Waals surface area contributed by atoms with Crippen LogP contribution in [0.4, 0.5) is 11.4 Å². The number of hydrogen-bond donors (Lipinski definition) is 2. The molecule has 1 heterocycles. The normalized spacial score (nSPS) is 14.9. The number of piperidine rings is 1. The molecule has 1 aliphatic rings. The highest BCUT2D eigenvalue weighted by Gasteiger charge is 2.14. The van der Waals surface area contributed by atoms with E-state index in [1.807, 2.05) is 6.07 Å². The van der Waals surface area contributed by atoms with E-state index in [0.29, 0.717) is 19.4 Å². The summed E-state index contributed by atoms with van der Waals surface area (Å²) in [6.45, 7) is 2.54. The summed E-state index contributed by atoms with van der Waals surface area (Å²) in [5.41, 5.74) is 9.20. The number of likely N-dealkylation sites (N-methyl/N-ethyl adjacent to an activating group) is 1. The predicted molar refractivity (Wildman–Crippen MR) is 90.0 cm³/mol. The number of carbonyl (C=O) groups excluding carboxylic acids is 1. The molecule has 0 aliphatic carbocycles. The quantitative estimate of drug-likeness (QED) is 0.784. The van der Waals surface area contributed by atoms with Gasteiger partial charge in [0.05, 0.1) is 18.0 Å². The number of aliphatic hydroxyl groups excluding tert-OH is 1. The molecule has 3 N–H and O–H groups in total. The van der Waals surface area contributed by atoms with Gasteiger partial charge in [0.25, 0.3) is 0 Å². The van der Waals surface area contributed by atoms with Crippen LogP contribution in [0.25, 0.3) is 0 Å². The van der Waals surface area contributed by atoms with E-state index in [1.165, 1.54) is 19.3 Å². The summed E-state index contributed by atoms with van der Waals surface area (Å²) >= 11 is 0. The van der Waals surface area contributed by atoms with Crippen LogP contribution in [0.2, 0.25) is 0 Å². The number of nitrogens with two attached hydrogens (primary N) is 1. The van der Waals surface area contributed by atoms with Gasteiger partial charge in [0.1, 0.15) is 0 Å². The second kappa shape index (κ2) is 8.03. The zero-order chi connectivity index (χ0) is 15.9. The number of nitrogen functional groups attached to an aromatic ring is 1. The molecule has 0 bridgehead atoms. The highest BCUT2D eigenvalue weighted by atomic mass is 16.3. The Morgan fingerprint density at radius 2 is 2.05 bits per heavy atom. The van der Waals surface area contributed by atoms with Crippen LogP contribution in [-0.2, 0) is 11.2 Å². The molecule has 5 nitrogen and oxygen atoms in total. The predicted octanol–water partition coefficient (Wildman–Crippen LogP) is 1.64. The van der Waals surface area contributed by atoms with Crippen LogP contribution in [0.3, 0.4) is 0 Å². The second-order valence-corrected chi connectivity index (χ2v) is 5.98. The minimum Gasteiger partial charge on any atom is -0.397 e. The Kier molecular flexibility index (Phi) is 6.07. The fraction of sp³-hybridized carbons (Fsp3) is 0.588. The molecule has 22 heavy (non-hydrogen) atoms. The Morgan fingerprint density at radius 1 is 1.32 bits per heavy atom. The lowest BCUT2D eigenvalue weighted by Gasteiger charge is -2.30. The second-order valence-electron chi connectivity index (χ2n) is 5.98. The lowest BCUT2D eigenvalue weighted by molar-refractivity contribution is -0.130. The molecule has 1 fully saturated rings. The molecule has 0 aromatic heterocycles.